The molecule has 1 N–H and O–H groups in total. The van der Waals surface area contributed by atoms with E-state index in [4.69, 9.17) is 14.2 Å². The summed E-state index contributed by atoms with van der Waals surface area (Å²) in [7, 11) is 4.78. The van der Waals surface area contributed by atoms with Crippen LogP contribution >= 0.6 is 11.3 Å². The van der Waals surface area contributed by atoms with Crippen LogP contribution in [-0.4, -0.2) is 32.2 Å². The molecule has 0 radical (unpaired) electrons. The zero-order valence-corrected chi connectivity index (χ0v) is 15.4. The van der Waals surface area contributed by atoms with Crippen molar-refractivity contribution in [3.63, 3.8) is 0 Å². The molecule has 0 bridgehead atoms. The van der Waals surface area contributed by atoms with Gasteiger partial charge in [-0.25, -0.2) is 4.98 Å². The SMILES string of the molecule is COc1ccc(OC)c(/C=C/C(=O)Nc2nc3ccc(OC)cc3s2)c1. The van der Waals surface area contributed by atoms with Gasteiger partial charge in [-0.1, -0.05) is 11.3 Å². The summed E-state index contributed by atoms with van der Waals surface area (Å²) in [4.78, 5) is 16.6. The number of hydrogen-bond acceptors (Lipinski definition) is 6. The standard InChI is InChI=1S/C19H18N2O4S/c1-23-13-6-8-16(25-3)12(10-13)4-9-18(22)21-19-20-15-7-5-14(24-2)11-17(15)26-19/h4-11H,1-3H3,(H,20,21,22)/b9-4+. The van der Waals surface area contributed by atoms with Crippen LogP contribution in [0.15, 0.2) is 42.5 Å². The summed E-state index contributed by atoms with van der Waals surface area (Å²) in [6.07, 6.45) is 3.11. The smallest absolute Gasteiger partial charge is 0.250 e. The van der Waals surface area contributed by atoms with Crippen molar-refractivity contribution in [1.29, 1.82) is 0 Å². The third-order valence-electron chi connectivity index (χ3n) is 3.68. The van der Waals surface area contributed by atoms with Crippen molar-refractivity contribution >= 4 is 38.7 Å². The highest BCUT2D eigenvalue weighted by atomic mass is 32.1. The molecule has 1 aromatic heterocycles. The number of rotatable bonds is 6. The molecule has 7 heteroatoms. The lowest BCUT2D eigenvalue weighted by atomic mass is 10.1. The summed E-state index contributed by atoms with van der Waals surface area (Å²) in [6, 6.07) is 11.0. The maximum Gasteiger partial charge on any atom is 0.250 e. The fourth-order valence-corrected chi connectivity index (χ4v) is 3.26. The van der Waals surface area contributed by atoms with E-state index >= 15 is 0 Å². The lowest BCUT2D eigenvalue weighted by Crippen LogP contribution is -2.07. The number of nitrogens with one attached hydrogen (secondary N) is 1. The van der Waals surface area contributed by atoms with Crippen molar-refractivity contribution in [1.82, 2.24) is 4.98 Å². The molecule has 0 saturated heterocycles. The summed E-state index contributed by atoms with van der Waals surface area (Å²) >= 11 is 1.39. The minimum Gasteiger partial charge on any atom is -0.497 e. The third-order valence-corrected chi connectivity index (χ3v) is 4.61. The molecule has 0 saturated carbocycles. The van der Waals surface area contributed by atoms with Crippen molar-refractivity contribution in [3.05, 3.63) is 48.0 Å². The number of amides is 1. The molecule has 0 aliphatic carbocycles. The molecule has 3 rings (SSSR count). The Bertz CT molecular complexity index is 965. The van der Waals surface area contributed by atoms with Gasteiger partial charge in [-0.2, -0.15) is 0 Å². The van der Waals surface area contributed by atoms with Gasteiger partial charge < -0.3 is 14.2 Å². The monoisotopic (exact) mass is 370 g/mol. The Morgan fingerprint density at radius 2 is 1.77 bits per heavy atom. The number of fused-ring (bicyclic) bond motifs is 1. The first-order valence-corrected chi connectivity index (χ1v) is 8.60. The van der Waals surface area contributed by atoms with E-state index < -0.39 is 0 Å². The zero-order chi connectivity index (χ0) is 18.5. The van der Waals surface area contributed by atoms with Gasteiger partial charge in [0.25, 0.3) is 0 Å². The van der Waals surface area contributed by atoms with Crippen LogP contribution in [0.2, 0.25) is 0 Å². The Labute approximate surface area is 155 Å². The van der Waals surface area contributed by atoms with Gasteiger partial charge in [0.05, 0.1) is 31.5 Å². The highest BCUT2D eigenvalue weighted by Gasteiger charge is 2.08. The van der Waals surface area contributed by atoms with Gasteiger partial charge in [0.2, 0.25) is 5.91 Å². The maximum absolute atomic E-state index is 12.2. The molecular weight excluding hydrogens is 352 g/mol. The van der Waals surface area contributed by atoms with Crippen molar-refractivity contribution < 1.29 is 19.0 Å². The van der Waals surface area contributed by atoms with E-state index in [1.165, 1.54) is 17.4 Å². The molecule has 0 spiro atoms. The maximum atomic E-state index is 12.2. The Kier molecular flexibility index (Phi) is 5.38. The van der Waals surface area contributed by atoms with Crippen LogP contribution in [0.25, 0.3) is 16.3 Å². The van der Waals surface area contributed by atoms with E-state index in [9.17, 15) is 4.79 Å². The topological polar surface area (TPSA) is 69.7 Å². The van der Waals surface area contributed by atoms with Gasteiger partial charge in [0.1, 0.15) is 17.2 Å². The fourth-order valence-electron chi connectivity index (χ4n) is 2.37. The zero-order valence-electron chi connectivity index (χ0n) is 14.6. The van der Waals surface area contributed by atoms with E-state index in [0.29, 0.717) is 16.6 Å². The van der Waals surface area contributed by atoms with Gasteiger partial charge in [0.15, 0.2) is 5.13 Å². The molecule has 134 valence electrons. The van der Waals surface area contributed by atoms with Crippen molar-refractivity contribution in [2.75, 3.05) is 26.6 Å². The molecule has 6 nitrogen and oxygen atoms in total. The molecule has 1 amide bonds. The number of carbonyl (C=O) groups is 1. The van der Waals surface area contributed by atoms with Crippen LogP contribution in [-0.2, 0) is 4.79 Å². The number of benzene rings is 2. The number of anilines is 1. The molecular formula is C19H18N2O4S. The number of methoxy groups -OCH3 is 3. The van der Waals surface area contributed by atoms with Crippen molar-refractivity contribution in [2.24, 2.45) is 0 Å². The predicted octanol–water partition coefficient (Wildman–Crippen LogP) is 3.97. The van der Waals surface area contributed by atoms with E-state index in [1.54, 1.807) is 45.6 Å². The van der Waals surface area contributed by atoms with E-state index in [-0.39, 0.29) is 5.91 Å². The summed E-state index contributed by atoms with van der Waals surface area (Å²) in [6.45, 7) is 0. The molecule has 0 atom stereocenters. The number of aromatic nitrogens is 1. The summed E-state index contributed by atoms with van der Waals surface area (Å²) in [5.41, 5.74) is 1.56. The lowest BCUT2D eigenvalue weighted by Gasteiger charge is -2.07. The highest BCUT2D eigenvalue weighted by Crippen LogP contribution is 2.29. The van der Waals surface area contributed by atoms with Gasteiger partial charge in [-0.3, -0.25) is 10.1 Å². The average molecular weight is 370 g/mol. The van der Waals surface area contributed by atoms with Crippen LogP contribution in [0.5, 0.6) is 17.2 Å². The number of thiazole rings is 1. The first-order valence-electron chi connectivity index (χ1n) is 7.78. The molecule has 3 aromatic rings. The Hall–Kier alpha value is -3.06. The molecule has 1 heterocycles. The second kappa shape index (κ2) is 7.88. The van der Waals surface area contributed by atoms with E-state index in [1.807, 2.05) is 18.2 Å². The van der Waals surface area contributed by atoms with Crippen molar-refractivity contribution in [3.8, 4) is 17.2 Å². The summed E-state index contributed by atoms with van der Waals surface area (Å²) < 4.78 is 16.6. The Balaban J connectivity index is 1.75. The Morgan fingerprint density at radius 3 is 2.50 bits per heavy atom. The first-order chi connectivity index (χ1) is 12.6. The van der Waals surface area contributed by atoms with Gasteiger partial charge in [0, 0.05) is 11.6 Å². The van der Waals surface area contributed by atoms with Crippen LogP contribution in [0.1, 0.15) is 5.56 Å². The second-order valence-corrected chi connectivity index (χ2v) is 6.31. The molecule has 2 aromatic carbocycles. The third kappa shape index (κ3) is 3.94. The number of ether oxygens (including phenoxy) is 3. The van der Waals surface area contributed by atoms with Gasteiger partial charge >= 0.3 is 0 Å². The molecule has 0 aliphatic heterocycles. The van der Waals surface area contributed by atoms with Crippen LogP contribution in [0, 0.1) is 0 Å². The Morgan fingerprint density at radius 1 is 1.04 bits per heavy atom. The molecule has 0 aliphatic rings. The lowest BCUT2D eigenvalue weighted by molar-refractivity contribution is -0.111. The average Bonchev–Trinajstić information content (AvgIpc) is 3.07. The highest BCUT2D eigenvalue weighted by molar-refractivity contribution is 7.22. The number of nitrogens with zero attached hydrogens (tertiary/aromatic N) is 1. The fraction of sp³-hybridized carbons (Fsp3) is 0.158. The summed E-state index contributed by atoms with van der Waals surface area (Å²) in [5.74, 6) is 1.82. The molecule has 26 heavy (non-hydrogen) atoms. The van der Waals surface area contributed by atoms with Gasteiger partial charge in [-0.05, 0) is 42.5 Å². The molecule has 0 fully saturated rings. The molecule has 0 unspecified atom stereocenters. The van der Waals surface area contributed by atoms with Crippen LogP contribution in [0.4, 0.5) is 5.13 Å². The minimum absolute atomic E-state index is 0.277. The van der Waals surface area contributed by atoms with Crippen LogP contribution < -0.4 is 19.5 Å². The summed E-state index contributed by atoms with van der Waals surface area (Å²) in [5, 5.41) is 3.30. The largest absolute Gasteiger partial charge is 0.497 e. The van der Waals surface area contributed by atoms with E-state index in [0.717, 1.165) is 21.5 Å². The number of hydrogen-bond donors (Lipinski definition) is 1. The predicted molar refractivity (Wildman–Crippen MR) is 103 cm³/mol. The quantitative estimate of drug-likeness (QED) is 0.665. The minimum atomic E-state index is -0.277. The normalized spacial score (nSPS) is 10.9. The number of carbonyl (C=O) groups excluding carboxylic acids is 1. The first kappa shape index (κ1) is 17.8. The van der Waals surface area contributed by atoms with Crippen molar-refractivity contribution in [2.45, 2.75) is 0 Å². The van der Waals surface area contributed by atoms with E-state index in [2.05, 4.69) is 10.3 Å². The van der Waals surface area contributed by atoms with Gasteiger partial charge in [-0.15, -0.1) is 0 Å². The second-order valence-electron chi connectivity index (χ2n) is 5.28. The van der Waals surface area contributed by atoms with Crippen LogP contribution in [0.3, 0.4) is 0 Å².